The topological polar surface area (TPSA) is 97.5 Å². The molecule has 1 heterocycles. The minimum atomic E-state index is -0.985. The number of amides is 1. The van der Waals surface area contributed by atoms with Crippen molar-refractivity contribution in [3.63, 3.8) is 0 Å². The molecule has 0 aromatic carbocycles. The molecule has 6 heteroatoms. The summed E-state index contributed by atoms with van der Waals surface area (Å²) in [5.41, 5.74) is 4.98. The van der Waals surface area contributed by atoms with E-state index in [4.69, 9.17) is 10.8 Å². The molecule has 18 heavy (non-hydrogen) atoms. The molecule has 0 unspecified atom stereocenters. The van der Waals surface area contributed by atoms with Crippen molar-refractivity contribution in [2.75, 3.05) is 0 Å². The first-order valence-corrected chi connectivity index (χ1v) is 6.10. The van der Waals surface area contributed by atoms with Crippen LogP contribution in [0.4, 0.5) is 0 Å². The predicted molar refractivity (Wildman–Crippen MR) is 68.4 cm³/mol. The van der Waals surface area contributed by atoms with Crippen molar-refractivity contribution in [1.82, 2.24) is 0 Å². The molecule has 5 nitrogen and oxygen atoms in total. The van der Waals surface area contributed by atoms with Gasteiger partial charge in [0.1, 0.15) is 0 Å². The summed E-state index contributed by atoms with van der Waals surface area (Å²) in [5, 5.41) is 8.48. The van der Waals surface area contributed by atoms with Crippen LogP contribution in [0.5, 0.6) is 0 Å². The van der Waals surface area contributed by atoms with E-state index in [0.29, 0.717) is 4.88 Å². The first-order chi connectivity index (χ1) is 8.49. The predicted octanol–water partition coefficient (Wildman–Crippen LogP) is 1.68. The van der Waals surface area contributed by atoms with Gasteiger partial charge in [-0.05, 0) is 18.2 Å². The molecule has 0 bridgehead atoms. The summed E-state index contributed by atoms with van der Waals surface area (Å²) in [7, 11) is 0. The van der Waals surface area contributed by atoms with Crippen LogP contribution in [0.25, 0.3) is 6.08 Å². The zero-order chi connectivity index (χ0) is 13.5. The second-order valence-electron chi connectivity index (χ2n) is 3.59. The summed E-state index contributed by atoms with van der Waals surface area (Å²) >= 11 is 1.26. The lowest BCUT2D eigenvalue weighted by Gasteiger charge is -1.93. The Labute approximate surface area is 108 Å². The number of rotatable bonds is 7. The number of aliphatic carboxylic acids is 1. The maximum atomic E-state index is 11.6. The van der Waals surface area contributed by atoms with Crippen molar-refractivity contribution in [2.45, 2.75) is 19.3 Å². The largest absolute Gasteiger partial charge is 0.481 e. The van der Waals surface area contributed by atoms with E-state index in [-0.39, 0.29) is 25.0 Å². The average Bonchev–Trinajstić information content (AvgIpc) is 2.74. The van der Waals surface area contributed by atoms with Gasteiger partial charge in [-0.2, -0.15) is 0 Å². The number of ketones is 1. The highest BCUT2D eigenvalue weighted by atomic mass is 32.1. The number of hydrogen-bond acceptors (Lipinski definition) is 4. The molecule has 0 saturated carbocycles. The van der Waals surface area contributed by atoms with Gasteiger partial charge in [-0.15, -0.1) is 11.3 Å². The van der Waals surface area contributed by atoms with Crippen LogP contribution < -0.4 is 5.73 Å². The smallest absolute Gasteiger partial charge is 0.303 e. The molecule has 0 fully saturated rings. The first kappa shape index (κ1) is 14.1. The quantitative estimate of drug-likeness (QED) is 0.734. The summed E-state index contributed by atoms with van der Waals surface area (Å²) in [6.07, 6.45) is 3.33. The zero-order valence-electron chi connectivity index (χ0n) is 9.59. The van der Waals surface area contributed by atoms with Gasteiger partial charge in [-0.3, -0.25) is 14.4 Å². The summed E-state index contributed by atoms with van der Waals surface area (Å²) in [5.74, 6) is -1.58. The second-order valence-corrected chi connectivity index (χ2v) is 4.71. The van der Waals surface area contributed by atoms with Gasteiger partial charge >= 0.3 is 5.97 Å². The molecule has 1 amide bonds. The normalized spacial score (nSPS) is 10.7. The lowest BCUT2D eigenvalue weighted by molar-refractivity contribution is -0.137. The minimum absolute atomic E-state index is 0.000285. The monoisotopic (exact) mass is 267 g/mol. The third-order valence-corrected chi connectivity index (χ3v) is 3.16. The molecule has 1 aromatic heterocycles. The summed E-state index contributed by atoms with van der Waals surface area (Å²) < 4.78 is 0. The second kappa shape index (κ2) is 6.70. The molecule has 3 N–H and O–H groups in total. The third-order valence-electron chi connectivity index (χ3n) is 2.07. The van der Waals surface area contributed by atoms with Gasteiger partial charge < -0.3 is 10.8 Å². The highest BCUT2D eigenvalue weighted by molar-refractivity contribution is 7.14. The van der Waals surface area contributed by atoms with E-state index in [0.717, 1.165) is 4.88 Å². The molecular weight excluding hydrogens is 254 g/mol. The number of carboxylic acid groups (broad SMARTS) is 1. The Morgan fingerprint density at radius 3 is 2.61 bits per heavy atom. The Kier molecular flexibility index (Phi) is 5.26. The van der Waals surface area contributed by atoms with Gasteiger partial charge in [0.2, 0.25) is 5.91 Å². The van der Waals surface area contributed by atoms with E-state index in [1.165, 1.54) is 11.3 Å². The summed E-state index contributed by atoms with van der Waals surface area (Å²) in [4.78, 5) is 33.8. The lowest BCUT2D eigenvalue weighted by Crippen LogP contribution is -2.07. The molecule has 1 aromatic rings. The number of Topliss-reactive ketones (excluding diaryl/α,β-unsaturated/α-hetero) is 1. The number of nitrogens with two attached hydrogens (primary N) is 1. The number of primary amides is 1. The van der Waals surface area contributed by atoms with Crippen LogP contribution in [0.3, 0.4) is 0 Å². The molecule has 0 aliphatic rings. The van der Waals surface area contributed by atoms with Gasteiger partial charge in [0.05, 0.1) is 11.3 Å². The van der Waals surface area contributed by atoms with Crippen LogP contribution >= 0.6 is 11.3 Å². The maximum Gasteiger partial charge on any atom is 0.303 e. The maximum absolute atomic E-state index is 11.6. The molecule has 96 valence electrons. The number of hydrogen-bond donors (Lipinski definition) is 2. The van der Waals surface area contributed by atoms with E-state index in [1.54, 1.807) is 24.3 Å². The fourth-order valence-corrected chi connectivity index (χ4v) is 2.13. The van der Waals surface area contributed by atoms with E-state index in [1.807, 2.05) is 0 Å². The van der Waals surface area contributed by atoms with Gasteiger partial charge in [0.25, 0.3) is 0 Å². The Hall–Kier alpha value is -1.95. The van der Waals surface area contributed by atoms with Crippen LogP contribution in [-0.4, -0.2) is 22.8 Å². The average molecular weight is 267 g/mol. The Morgan fingerprint density at radius 1 is 1.28 bits per heavy atom. The Balaban J connectivity index is 2.57. The molecule has 0 aliphatic carbocycles. The van der Waals surface area contributed by atoms with Crippen molar-refractivity contribution in [1.29, 1.82) is 0 Å². The first-order valence-electron chi connectivity index (χ1n) is 5.28. The molecule has 0 aliphatic heterocycles. The van der Waals surface area contributed by atoms with Crippen LogP contribution in [0.15, 0.2) is 18.2 Å². The Morgan fingerprint density at radius 2 is 2.00 bits per heavy atom. The molecule has 0 radical (unpaired) electrons. The summed E-state index contributed by atoms with van der Waals surface area (Å²) in [6, 6.07) is 3.40. The highest BCUT2D eigenvalue weighted by Crippen LogP contribution is 2.20. The third kappa shape index (κ3) is 4.92. The van der Waals surface area contributed by atoms with Crippen molar-refractivity contribution < 1.29 is 19.5 Å². The van der Waals surface area contributed by atoms with Gasteiger partial charge in [-0.25, -0.2) is 0 Å². The number of carbonyl (C=O) groups is 3. The number of carboxylic acids is 1. The minimum Gasteiger partial charge on any atom is -0.481 e. The molecule has 1 rings (SSSR count). The van der Waals surface area contributed by atoms with E-state index in [2.05, 4.69) is 0 Å². The Bertz CT molecular complexity index is 490. The molecule has 0 atom stereocenters. The van der Waals surface area contributed by atoms with Gasteiger partial charge in [-0.1, -0.05) is 6.08 Å². The van der Waals surface area contributed by atoms with Crippen LogP contribution in [0.1, 0.15) is 33.8 Å². The van der Waals surface area contributed by atoms with Crippen molar-refractivity contribution >= 4 is 35.1 Å². The molecule has 0 spiro atoms. The van der Waals surface area contributed by atoms with E-state index < -0.39 is 11.9 Å². The van der Waals surface area contributed by atoms with Crippen molar-refractivity contribution in [3.8, 4) is 0 Å². The SMILES string of the molecule is NC(=O)CC=Cc1ccc(C(=O)CCC(=O)O)s1. The van der Waals surface area contributed by atoms with Crippen LogP contribution in [0, 0.1) is 0 Å². The zero-order valence-corrected chi connectivity index (χ0v) is 10.4. The van der Waals surface area contributed by atoms with Gasteiger partial charge in [0, 0.05) is 17.7 Å². The van der Waals surface area contributed by atoms with E-state index in [9.17, 15) is 14.4 Å². The van der Waals surface area contributed by atoms with Crippen molar-refractivity contribution in [3.05, 3.63) is 28.0 Å². The lowest BCUT2D eigenvalue weighted by atomic mass is 10.2. The summed E-state index contributed by atoms with van der Waals surface area (Å²) in [6.45, 7) is 0. The van der Waals surface area contributed by atoms with Crippen LogP contribution in [-0.2, 0) is 9.59 Å². The molecular formula is C12H13NO4S. The molecule has 0 saturated heterocycles. The van der Waals surface area contributed by atoms with Crippen molar-refractivity contribution in [2.24, 2.45) is 5.73 Å². The number of thiophene rings is 1. The fourth-order valence-electron chi connectivity index (χ4n) is 1.23. The van der Waals surface area contributed by atoms with Gasteiger partial charge in [0.15, 0.2) is 5.78 Å². The fraction of sp³-hybridized carbons (Fsp3) is 0.250. The van der Waals surface area contributed by atoms with E-state index >= 15 is 0 Å². The number of carbonyl (C=O) groups excluding carboxylic acids is 2. The van der Waals surface area contributed by atoms with Crippen LogP contribution in [0.2, 0.25) is 0 Å². The highest BCUT2D eigenvalue weighted by Gasteiger charge is 2.10. The standard InChI is InChI=1S/C12H13NO4S/c13-11(15)3-1-2-8-4-6-10(18-8)9(14)5-7-12(16)17/h1-2,4,6H,3,5,7H2,(H2,13,15)(H,16,17).